The molecule has 0 aliphatic rings. The van der Waals surface area contributed by atoms with Gasteiger partial charge in [0.25, 0.3) is 5.91 Å². The first-order valence-corrected chi connectivity index (χ1v) is 9.82. The van der Waals surface area contributed by atoms with Crippen molar-refractivity contribution in [2.24, 2.45) is 0 Å². The van der Waals surface area contributed by atoms with Crippen LogP contribution < -0.4 is 10.1 Å². The van der Waals surface area contributed by atoms with E-state index in [-0.39, 0.29) is 11.9 Å². The predicted octanol–water partition coefficient (Wildman–Crippen LogP) is 5.04. The van der Waals surface area contributed by atoms with E-state index >= 15 is 0 Å². The molecule has 1 aromatic heterocycles. The smallest absolute Gasteiger partial charge is 0.270 e. The number of hydrogen-bond acceptors (Lipinski definition) is 3. The number of methoxy groups -OCH3 is 1. The van der Waals surface area contributed by atoms with Gasteiger partial charge >= 0.3 is 0 Å². The number of ether oxygens (including phenoxy) is 1. The molecule has 0 bridgehead atoms. The maximum atomic E-state index is 13.3. The zero-order chi connectivity index (χ0) is 20.9. The summed E-state index contributed by atoms with van der Waals surface area (Å²) in [5.41, 5.74) is 3.92. The summed E-state index contributed by atoms with van der Waals surface area (Å²) in [5.74, 6) is 0.541. The molecule has 1 heterocycles. The van der Waals surface area contributed by atoms with Crippen molar-refractivity contribution in [1.82, 2.24) is 15.1 Å². The Labute approximate surface area is 175 Å². The van der Waals surface area contributed by atoms with Crippen molar-refractivity contribution in [3.8, 4) is 22.7 Å². The van der Waals surface area contributed by atoms with Gasteiger partial charge in [0, 0.05) is 11.1 Å². The number of nitrogens with zero attached hydrogens (tertiary/aromatic N) is 2. The molecule has 4 aromatic rings. The van der Waals surface area contributed by atoms with E-state index in [9.17, 15) is 4.79 Å². The van der Waals surface area contributed by atoms with E-state index in [2.05, 4.69) is 5.32 Å². The lowest BCUT2D eigenvalue weighted by Gasteiger charge is -2.17. The molecule has 1 atom stereocenters. The third-order valence-electron chi connectivity index (χ3n) is 4.97. The Hall–Kier alpha value is -3.86. The van der Waals surface area contributed by atoms with Crippen LogP contribution >= 0.6 is 0 Å². The van der Waals surface area contributed by atoms with E-state index in [1.165, 1.54) is 0 Å². The zero-order valence-corrected chi connectivity index (χ0v) is 16.9. The minimum Gasteiger partial charge on any atom is -0.496 e. The number of para-hydroxylation sites is 2. The molecule has 0 saturated heterocycles. The van der Waals surface area contributed by atoms with Gasteiger partial charge < -0.3 is 10.1 Å². The maximum Gasteiger partial charge on any atom is 0.270 e. The first kappa shape index (κ1) is 19.5. The SMILES string of the molecule is COc1ccccc1[C@H](C)NC(=O)c1cc(-c2ccccc2)nn1-c1ccccc1. The Morgan fingerprint density at radius 2 is 1.57 bits per heavy atom. The van der Waals surface area contributed by atoms with Crippen LogP contribution in [0.25, 0.3) is 16.9 Å². The number of amides is 1. The quantitative estimate of drug-likeness (QED) is 0.496. The second-order valence-corrected chi connectivity index (χ2v) is 6.97. The van der Waals surface area contributed by atoms with E-state index in [0.717, 1.165) is 28.3 Å². The number of carbonyl (C=O) groups excluding carboxylic acids is 1. The normalized spacial score (nSPS) is 11.7. The zero-order valence-electron chi connectivity index (χ0n) is 16.9. The fourth-order valence-corrected chi connectivity index (χ4v) is 3.43. The third kappa shape index (κ3) is 3.96. The van der Waals surface area contributed by atoms with Gasteiger partial charge in [-0.2, -0.15) is 5.10 Å². The highest BCUT2D eigenvalue weighted by Gasteiger charge is 2.20. The number of nitrogens with one attached hydrogen (secondary N) is 1. The van der Waals surface area contributed by atoms with Crippen LogP contribution in [-0.2, 0) is 0 Å². The minimum absolute atomic E-state index is 0.202. The summed E-state index contributed by atoms with van der Waals surface area (Å²) < 4.78 is 7.13. The first-order valence-electron chi connectivity index (χ1n) is 9.82. The summed E-state index contributed by atoms with van der Waals surface area (Å²) >= 11 is 0. The van der Waals surface area contributed by atoms with Crippen molar-refractivity contribution >= 4 is 5.91 Å². The topological polar surface area (TPSA) is 56.1 Å². The average molecular weight is 397 g/mol. The first-order chi connectivity index (χ1) is 14.7. The van der Waals surface area contributed by atoms with E-state index < -0.39 is 0 Å². The predicted molar refractivity (Wildman–Crippen MR) is 118 cm³/mol. The van der Waals surface area contributed by atoms with E-state index in [1.807, 2.05) is 97.9 Å². The van der Waals surface area contributed by atoms with Crippen molar-refractivity contribution in [2.45, 2.75) is 13.0 Å². The number of benzene rings is 3. The van der Waals surface area contributed by atoms with Gasteiger partial charge in [0.1, 0.15) is 11.4 Å². The fourth-order valence-electron chi connectivity index (χ4n) is 3.43. The monoisotopic (exact) mass is 397 g/mol. The van der Waals surface area contributed by atoms with Gasteiger partial charge in [0.05, 0.1) is 24.5 Å². The molecule has 5 heteroatoms. The molecule has 1 N–H and O–H groups in total. The van der Waals surface area contributed by atoms with Gasteiger partial charge in [-0.05, 0) is 31.2 Å². The molecular weight excluding hydrogens is 374 g/mol. The highest BCUT2D eigenvalue weighted by molar-refractivity contribution is 5.94. The van der Waals surface area contributed by atoms with E-state index in [4.69, 9.17) is 9.84 Å². The van der Waals surface area contributed by atoms with Gasteiger partial charge in [-0.3, -0.25) is 4.79 Å². The molecule has 0 aliphatic heterocycles. The number of hydrogen-bond donors (Lipinski definition) is 1. The second-order valence-electron chi connectivity index (χ2n) is 6.97. The Kier molecular flexibility index (Phi) is 5.61. The summed E-state index contributed by atoms with van der Waals surface area (Å²) in [6.45, 7) is 1.94. The van der Waals surface area contributed by atoms with Crippen LogP contribution in [0.15, 0.2) is 91.0 Å². The Morgan fingerprint density at radius 1 is 0.933 bits per heavy atom. The average Bonchev–Trinajstić information content (AvgIpc) is 3.26. The molecule has 0 aliphatic carbocycles. The minimum atomic E-state index is -0.229. The maximum absolute atomic E-state index is 13.3. The third-order valence-corrected chi connectivity index (χ3v) is 4.97. The van der Waals surface area contributed by atoms with Crippen molar-refractivity contribution in [3.63, 3.8) is 0 Å². The number of carbonyl (C=O) groups is 1. The van der Waals surface area contributed by atoms with Gasteiger partial charge in [-0.25, -0.2) is 4.68 Å². The largest absolute Gasteiger partial charge is 0.496 e. The number of rotatable bonds is 6. The molecule has 30 heavy (non-hydrogen) atoms. The molecule has 5 nitrogen and oxygen atoms in total. The summed E-state index contributed by atoms with van der Waals surface area (Å²) in [6.07, 6.45) is 0. The fraction of sp³-hybridized carbons (Fsp3) is 0.120. The summed E-state index contributed by atoms with van der Waals surface area (Å²) in [5, 5.41) is 7.80. The van der Waals surface area contributed by atoms with Crippen LogP contribution in [0.2, 0.25) is 0 Å². The van der Waals surface area contributed by atoms with Crippen molar-refractivity contribution < 1.29 is 9.53 Å². The molecule has 0 radical (unpaired) electrons. The Morgan fingerprint density at radius 3 is 2.27 bits per heavy atom. The van der Waals surface area contributed by atoms with E-state index in [1.54, 1.807) is 11.8 Å². The standard InChI is InChI=1S/C25H23N3O2/c1-18(21-15-9-10-16-24(21)30-2)26-25(29)23-17-22(19-11-5-3-6-12-19)27-28(23)20-13-7-4-8-14-20/h3-18H,1-2H3,(H,26,29)/t18-/m0/s1. The Balaban J connectivity index is 1.70. The van der Waals surface area contributed by atoms with Gasteiger partial charge in [-0.1, -0.05) is 66.7 Å². The van der Waals surface area contributed by atoms with Crippen LogP contribution in [0.5, 0.6) is 5.75 Å². The summed E-state index contributed by atoms with van der Waals surface area (Å²) in [7, 11) is 1.63. The molecule has 150 valence electrons. The molecular formula is C25H23N3O2. The molecule has 1 amide bonds. The highest BCUT2D eigenvalue weighted by Crippen LogP contribution is 2.26. The lowest BCUT2D eigenvalue weighted by Crippen LogP contribution is -2.28. The Bertz CT molecular complexity index is 1140. The van der Waals surface area contributed by atoms with Crippen LogP contribution in [0.4, 0.5) is 0 Å². The molecule has 0 spiro atoms. The van der Waals surface area contributed by atoms with Gasteiger partial charge in [0.2, 0.25) is 0 Å². The summed E-state index contributed by atoms with van der Waals surface area (Å²) in [4.78, 5) is 13.3. The molecule has 4 rings (SSSR count). The van der Waals surface area contributed by atoms with Crippen molar-refractivity contribution in [1.29, 1.82) is 0 Å². The second kappa shape index (κ2) is 8.66. The van der Waals surface area contributed by atoms with Crippen LogP contribution in [0.3, 0.4) is 0 Å². The lowest BCUT2D eigenvalue weighted by molar-refractivity contribution is 0.0931. The molecule has 0 fully saturated rings. The molecule has 0 saturated carbocycles. The van der Waals surface area contributed by atoms with Crippen molar-refractivity contribution in [3.05, 3.63) is 102 Å². The van der Waals surface area contributed by atoms with Crippen LogP contribution in [-0.4, -0.2) is 22.8 Å². The van der Waals surface area contributed by atoms with E-state index in [0.29, 0.717) is 5.69 Å². The van der Waals surface area contributed by atoms with Crippen LogP contribution in [0.1, 0.15) is 29.0 Å². The van der Waals surface area contributed by atoms with Gasteiger partial charge in [-0.15, -0.1) is 0 Å². The van der Waals surface area contributed by atoms with Gasteiger partial charge in [0.15, 0.2) is 0 Å². The molecule has 3 aromatic carbocycles. The highest BCUT2D eigenvalue weighted by atomic mass is 16.5. The lowest BCUT2D eigenvalue weighted by atomic mass is 10.1. The van der Waals surface area contributed by atoms with Crippen LogP contribution in [0, 0.1) is 0 Å². The van der Waals surface area contributed by atoms with Crippen molar-refractivity contribution in [2.75, 3.05) is 7.11 Å². The molecule has 0 unspecified atom stereocenters. The number of aromatic nitrogens is 2. The summed E-state index contributed by atoms with van der Waals surface area (Å²) in [6, 6.07) is 28.8.